The zero-order valence-corrected chi connectivity index (χ0v) is 13.8. The molecule has 0 aliphatic heterocycles. The van der Waals surface area contributed by atoms with Crippen molar-refractivity contribution in [1.29, 1.82) is 0 Å². The highest BCUT2D eigenvalue weighted by atomic mass is 16.5. The molecule has 126 valence electrons. The van der Waals surface area contributed by atoms with Crippen molar-refractivity contribution in [3.05, 3.63) is 59.7 Å². The van der Waals surface area contributed by atoms with Crippen molar-refractivity contribution in [2.75, 3.05) is 20.7 Å². The van der Waals surface area contributed by atoms with Crippen LogP contribution in [0, 0.1) is 0 Å². The first kappa shape index (κ1) is 17.5. The summed E-state index contributed by atoms with van der Waals surface area (Å²) in [5.74, 6) is -0.181. The minimum Gasteiger partial charge on any atom is -0.493 e. The van der Waals surface area contributed by atoms with E-state index in [0.29, 0.717) is 5.75 Å². The molecule has 0 fully saturated rings. The van der Waals surface area contributed by atoms with E-state index in [4.69, 9.17) is 9.84 Å². The van der Waals surface area contributed by atoms with Gasteiger partial charge in [0.1, 0.15) is 5.75 Å². The standard InChI is InChI=1S/C18H21N3O3/c1-21(2)20-19-16-7-3-14(4-8-16)13-15-5-9-17(10-6-15)24-12-11-18(22)23/h3-10H,11-13H2,1-2H3,(H,22,23). The third kappa shape index (κ3) is 6.08. The fourth-order valence-electron chi connectivity index (χ4n) is 2.02. The molecule has 6 heteroatoms. The van der Waals surface area contributed by atoms with Gasteiger partial charge < -0.3 is 9.84 Å². The Labute approximate surface area is 141 Å². The van der Waals surface area contributed by atoms with Gasteiger partial charge in [-0.15, -0.1) is 5.11 Å². The number of nitrogens with zero attached hydrogens (tertiary/aromatic N) is 3. The van der Waals surface area contributed by atoms with E-state index in [-0.39, 0.29) is 13.0 Å². The maximum atomic E-state index is 10.5. The lowest BCUT2D eigenvalue weighted by atomic mass is 10.0. The van der Waals surface area contributed by atoms with Gasteiger partial charge in [0.25, 0.3) is 0 Å². The van der Waals surface area contributed by atoms with Gasteiger partial charge in [0.2, 0.25) is 0 Å². The van der Waals surface area contributed by atoms with Crippen molar-refractivity contribution >= 4 is 11.7 Å². The lowest BCUT2D eigenvalue weighted by Gasteiger charge is -2.06. The number of ether oxygens (including phenoxy) is 1. The Balaban J connectivity index is 1.90. The number of benzene rings is 2. The molecule has 0 aromatic heterocycles. The summed E-state index contributed by atoms with van der Waals surface area (Å²) in [7, 11) is 3.65. The third-order valence-electron chi connectivity index (χ3n) is 3.19. The molecule has 0 heterocycles. The second-order valence-corrected chi connectivity index (χ2v) is 5.52. The molecule has 0 saturated heterocycles. The van der Waals surface area contributed by atoms with Gasteiger partial charge in [0.05, 0.1) is 18.7 Å². The maximum absolute atomic E-state index is 10.5. The van der Waals surface area contributed by atoms with Crippen LogP contribution in [0.2, 0.25) is 0 Å². The van der Waals surface area contributed by atoms with Crippen LogP contribution in [-0.2, 0) is 11.2 Å². The molecule has 0 saturated carbocycles. The molecule has 24 heavy (non-hydrogen) atoms. The first-order valence-electron chi connectivity index (χ1n) is 7.64. The van der Waals surface area contributed by atoms with E-state index >= 15 is 0 Å². The SMILES string of the molecule is CN(C)N=Nc1ccc(Cc2ccc(OCCC(=O)O)cc2)cc1. The van der Waals surface area contributed by atoms with Crippen LogP contribution in [0.3, 0.4) is 0 Å². The molecule has 2 aromatic rings. The largest absolute Gasteiger partial charge is 0.493 e. The predicted octanol–water partition coefficient (Wildman–Crippen LogP) is 3.69. The van der Waals surface area contributed by atoms with Crippen molar-refractivity contribution < 1.29 is 14.6 Å². The second kappa shape index (κ2) is 8.67. The number of carboxylic acid groups (broad SMARTS) is 1. The summed E-state index contributed by atoms with van der Waals surface area (Å²) in [6.07, 6.45) is 0.805. The lowest BCUT2D eigenvalue weighted by Crippen LogP contribution is -2.04. The molecule has 0 spiro atoms. The maximum Gasteiger partial charge on any atom is 0.306 e. The Hall–Kier alpha value is -2.89. The molecular weight excluding hydrogens is 306 g/mol. The molecule has 0 radical (unpaired) electrons. The Morgan fingerprint density at radius 2 is 1.62 bits per heavy atom. The van der Waals surface area contributed by atoms with Crippen molar-refractivity contribution in [2.45, 2.75) is 12.8 Å². The number of rotatable bonds is 8. The normalized spacial score (nSPS) is 10.8. The first-order chi connectivity index (χ1) is 11.5. The minimum atomic E-state index is -0.861. The van der Waals surface area contributed by atoms with Gasteiger partial charge >= 0.3 is 5.97 Å². The van der Waals surface area contributed by atoms with Gasteiger partial charge in [-0.2, -0.15) is 0 Å². The zero-order valence-electron chi connectivity index (χ0n) is 13.8. The molecule has 1 N–H and O–H groups in total. The van der Waals surface area contributed by atoms with Crippen LogP contribution in [0.25, 0.3) is 0 Å². The second-order valence-electron chi connectivity index (χ2n) is 5.52. The van der Waals surface area contributed by atoms with E-state index < -0.39 is 5.97 Å². The zero-order chi connectivity index (χ0) is 17.4. The van der Waals surface area contributed by atoms with Crippen LogP contribution < -0.4 is 4.74 Å². The van der Waals surface area contributed by atoms with Gasteiger partial charge in [-0.1, -0.05) is 29.5 Å². The third-order valence-corrected chi connectivity index (χ3v) is 3.19. The monoisotopic (exact) mass is 327 g/mol. The quantitative estimate of drug-likeness (QED) is 0.593. The Bertz CT molecular complexity index is 680. The number of aliphatic carboxylic acids is 1. The van der Waals surface area contributed by atoms with Gasteiger partial charge in [-0.05, 0) is 41.8 Å². The number of carbonyl (C=O) groups is 1. The van der Waals surface area contributed by atoms with Gasteiger partial charge in [-0.25, -0.2) is 0 Å². The summed E-state index contributed by atoms with van der Waals surface area (Å²) in [6, 6.07) is 15.6. The molecule has 0 bridgehead atoms. The summed E-state index contributed by atoms with van der Waals surface area (Å²) in [5, 5.41) is 18.3. The summed E-state index contributed by atoms with van der Waals surface area (Å²) in [4.78, 5) is 10.5. The fraction of sp³-hybridized carbons (Fsp3) is 0.278. The highest BCUT2D eigenvalue weighted by Crippen LogP contribution is 2.18. The fourth-order valence-corrected chi connectivity index (χ4v) is 2.02. The van der Waals surface area contributed by atoms with Crippen LogP contribution in [0.1, 0.15) is 17.5 Å². The van der Waals surface area contributed by atoms with Gasteiger partial charge in [0.15, 0.2) is 0 Å². The molecule has 2 aromatic carbocycles. The van der Waals surface area contributed by atoms with E-state index in [9.17, 15) is 4.79 Å². The molecule has 0 aliphatic rings. The smallest absolute Gasteiger partial charge is 0.306 e. The number of carboxylic acids is 1. The van der Waals surface area contributed by atoms with Crippen molar-refractivity contribution in [3.8, 4) is 5.75 Å². The summed E-state index contributed by atoms with van der Waals surface area (Å²) >= 11 is 0. The number of hydrogen-bond donors (Lipinski definition) is 1. The highest BCUT2D eigenvalue weighted by Gasteiger charge is 2.01. The summed E-state index contributed by atoms with van der Waals surface area (Å²) < 4.78 is 5.38. The molecule has 0 unspecified atom stereocenters. The average molecular weight is 327 g/mol. The van der Waals surface area contributed by atoms with Crippen LogP contribution in [0.4, 0.5) is 5.69 Å². The van der Waals surface area contributed by atoms with Crippen molar-refractivity contribution in [2.24, 2.45) is 10.3 Å². The summed E-state index contributed by atoms with van der Waals surface area (Å²) in [6.45, 7) is 0.178. The molecule has 6 nitrogen and oxygen atoms in total. The average Bonchev–Trinajstić information content (AvgIpc) is 2.55. The first-order valence-corrected chi connectivity index (χ1v) is 7.64. The molecule has 0 aliphatic carbocycles. The van der Waals surface area contributed by atoms with Crippen LogP contribution >= 0.6 is 0 Å². The van der Waals surface area contributed by atoms with Crippen molar-refractivity contribution in [1.82, 2.24) is 5.01 Å². The van der Waals surface area contributed by atoms with E-state index in [1.54, 1.807) is 5.01 Å². The predicted molar refractivity (Wildman–Crippen MR) is 91.6 cm³/mol. The molecule has 0 amide bonds. The van der Waals surface area contributed by atoms with E-state index in [1.807, 2.05) is 62.6 Å². The Morgan fingerprint density at radius 3 is 2.17 bits per heavy atom. The van der Waals surface area contributed by atoms with Crippen molar-refractivity contribution in [3.63, 3.8) is 0 Å². The number of hydrogen-bond acceptors (Lipinski definition) is 4. The van der Waals surface area contributed by atoms with E-state index in [0.717, 1.165) is 17.7 Å². The van der Waals surface area contributed by atoms with Gasteiger partial charge in [0, 0.05) is 14.1 Å². The minimum absolute atomic E-state index is 0.000733. The Kier molecular flexibility index (Phi) is 6.31. The van der Waals surface area contributed by atoms with E-state index in [2.05, 4.69) is 10.3 Å². The topological polar surface area (TPSA) is 74.5 Å². The van der Waals surface area contributed by atoms with Crippen LogP contribution in [0.15, 0.2) is 58.9 Å². The van der Waals surface area contributed by atoms with Gasteiger partial charge in [-0.3, -0.25) is 9.80 Å². The van der Waals surface area contributed by atoms with Crippen LogP contribution in [-0.4, -0.2) is 36.8 Å². The molecular formula is C18H21N3O3. The van der Waals surface area contributed by atoms with Crippen LogP contribution in [0.5, 0.6) is 5.75 Å². The Morgan fingerprint density at radius 1 is 1.04 bits per heavy atom. The molecule has 2 rings (SSSR count). The highest BCUT2D eigenvalue weighted by molar-refractivity contribution is 5.66. The summed E-state index contributed by atoms with van der Waals surface area (Å²) in [5.41, 5.74) is 3.15. The lowest BCUT2D eigenvalue weighted by molar-refractivity contribution is -0.137. The molecule has 0 atom stereocenters. The van der Waals surface area contributed by atoms with E-state index in [1.165, 1.54) is 5.56 Å².